The molecule has 0 bridgehead atoms. The molecule has 0 aromatic carbocycles. The van der Waals surface area contributed by atoms with Gasteiger partial charge in [0.2, 0.25) is 0 Å². The highest BCUT2D eigenvalue weighted by Crippen LogP contribution is 1.30. The molecule has 2 N–H and O–H groups in total. The lowest BCUT2D eigenvalue weighted by Crippen LogP contribution is -2.46. The summed E-state index contributed by atoms with van der Waals surface area (Å²) in [5, 5.41) is 0.452. The maximum Gasteiger partial charge on any atom is 0.326 e. The molecule has 0 fully saturated rings. The molecule has 1 rings (SSSR count). The number of aromatic nitrogens is 2. The molecule has 0 atom stereocenters. The molecule has 1 aromatic rings. The summed E-state index contributed by atoms with van der Waals surface area (Å²) in [5.41, 5.74) is -1.05. The molecule has 1 heterocycles. The summed E-state index contributed by atoms with van der Waals surface area (Å²) in [6, 6.07) is 0. The van der Waals surface area contributed by atoms with E-state index in [-0.39, 0.29) is 10.6 Å². The maximum absolute atomic E-state index is 10.7. The Morgan fingerprint density at radius 3 is 2.20 bits per heavy atom. The van der Waals surface area contributed by atoms with Crippen molar-refractivity contribution in [3.8, 4) is 0 Å². The molecule has 10 heavy (non-hydrogen) atoms. The number of hydrogen-bond acceptors (Lipinski definition) is 2. The van der Waals surface area contributed by atoms with Crippen molar-refractivity contribution in [2.24, 2.45) is 0 Å². The molecular formula is C6H6N2O2. The zero-order valence-electron chi connectivity index (χ0n) is 5.23. The van der Waals surface area contributed by atoms with Crippen molar-refractivity contribution < 1.29 is 0 Å². The number of H-pyrrole nitrogens is 2. The summed E-state index contributed by atoms with van der Waals surface area (Å²) < 4.78 is 0. The number of aromatic amines is 2. The van der Waals surface area contributed by atoms with Gasteiger partial charge in [-0.25, -0.2) is 4.79 Å². The molecule has 0 unspecified atom stereocenters. The van der Waals surface area contributed by atoms with Gasteiger partial charge in [-0.05, 0) is 0 Å². The molecule has 4 heteroatoms. The molecule has 1 aromatic heterocycles. The fourth-order valence-corrected chi connectivity index (χ4v) is 0.559. The van der Waals surface area contributed by atoms with Gasteiger partial charge in [0.15, 0.2) is 0 Å². The highest BCUT2D eigenvalue weighted by Gasteiger charge is 1.87. The Kier molecular flexibility index (Phi) is 1.30. The Morgan fingerprint density at radius 2 is 1.70 bits per heavy atom. The lowest BCUT2D eigenvalue weighted by molar-refractivity contribution is 0.989. The van der Waals surface area contributed by atoms with Crippen LogP contribution in [0.3, 0.4) is 0 Å². The van der Waals surface area contributed by atoms with Gasteiger partial charge in [-0.3, -0.25) is 9.78 Å². The van der Waals surface area contributed by atoms with Crippen LogP contribution < -0.4 is 21.8 Å². The van der Waals surface area contributed by atoms with E-state index >= 15 is 0 Å². The SMILES string of the molecule is C=c1[nH]c(=O)[nH]c(=O)c1=C. The Hall–Kier alpha value is -1.58. The fourth-order valence-electron chi connectivity index (χ4n) is 0.559. The highest BCUT2D eigenvalue weighted by atomic mass is 16.2. The largest absolute Gasteiger partial charge is 0.326 e. The van der Waals surface area contributed by atoms with Gasteiger partial charge in [0.25, 0.3) is 5.56 Å². The van der Waals surface area contributed by atoms with Crippen molar-refractivity contribution >= 4 is 13.2 Å². The van der Waals surface area contributed by atoms with Crippen molar-refractivity contribution in [2.75, 3.05) is 0 Å². The van der Waals surface area contributed by atoms with E-state index in [4.69, 9.17) is 0 Å². The third-order valence-electron chi connectivity index (χ3n) is 1.13. The van der Waals surface area contributed by atoms with Crippen LogP contribution in [0, 0.1) is 0 Å². The summed E-state index contributed by atoms with van der Waals surface area (Å²) in [6.07, 6.45) is 0. The van der Waals surface area contributed by atoms with Gasteiger partial charge < -0.3 is 4.98 Å². The fraction of sp³-hybridized carbons (Fsp3) is 0. The topological polar surface area (TPSA) is 65.7 Å². The average Bonchev–Trinajstić information content (AvgIpc) is 1.82. The zero-order chi connectivity index (χ0) is 7.72. The molecular weight excluding hydrogens is 132 g/mol. The van der Waals surface area contributed by atoms with Crippen LogP contribution in [0.2, 0.25) is 0 Å². The van der Waals surface area contributed by atoms with Crippen molar-refractivity contribution in [2.45, 2.75) is 0 Å². The molecule has 0 aliphatic rings. The van der Waals surface area contributed by atoms with Gasteiger partial charge in [-0.1, -0.05) is 13.2 Å². The second-order valence-corrected chi connectivity index (χ2v) is 1.87. The predicted octanol–water partition coefficient (Wildman–Crippen LogP) is -2.12. The van der Waals surface area contributed by atoms with Crippen LogP contribution in [0.4, 0.5) is 0 Å². The Bertz CT molecular complexity index is 403. The van der Waals surface area contributed by atoms with Gasteiger partial charge in [0, 0.05) is 5.35 Å². The normalized spacial score (nSPS) is 9.60. The van der Waals surface area contributed by atoms with Crippen LogP contribution in [-0.2, 0) is 0 Å². The first-order valence-corrected chi connectivity index (χ1v) is 2.62. The summed E-state index contributed by atoms with van der Waals surface area (Å²) in [5.74, 6) is 0. The quantitative estimate of drug-likeness (QED) is 0.430. The van der Waals surface area contributed by atoms with Gasteiger partial charge >= 0.3 is 5.69 Å². The number of hydrogen-bond donors (Lipinski definition) is 2. The molecule has 4 nitrogen and oxygen atoms in total. The third kappa shape index (κ3) is 0.907. The maximum atomic E-state index is 10.7. The van der Waals surface area contributed by atoms with Crippen LogP contribution in [0.5, 0.6) is 0 Å². The molecule has 0 aliphatic carbocycles. The monoisotopic (exact) mass is 138 g/mol. The van der Waals surface area contributed by atoms with Crippen LogP contribution in [-0.4, -0.2) is 9.97 Å². The van der Waals surface area contributed by atoms with Crippen LogP contribution >= 0.6 is 0 Å². The van der Waals surface area contributed by atoms with E-state index in [1.807, 2.05) is 4.98 Å². The molecule has 0 saturated carbocycles. The Balaban J connectivity index is 3.99. The van der Waals surface area contributed by atoms with Gasteiger partial charge in [-0.2, -0.15) is 0 Å². The highest BCUT2D eigenvalue weighted by molar-refractivity contribution is 5.05. The van der Waals surface area contributed by atoms with Gasteiger partial charge in [0.1, 0.15) is 0 Å². The van der Waals surface area contributed by atoms with E-state index in [2.05, 4.69) is 18.1 Å². The molecule has 0 saturated heterocycles. The standard InChI is InChI=1S/C6H6N2O2/c1-3-4(2)7-6(10)8-5(3)9/h1-2H2,(H2,7,8,9,10). The second kappa shape index (κ2) is 1.98. The Labute approximate surface area is 55.5 Å². The minimum Gasteiger partial charge on any atom is -0.307 e. The smallest absolute Gasteiger partial charge is 0.307 e. The number of nitrogens with one attached hydrogen (secondary N) is 2. The lowest BCUT2D eigenvalue weighted by atomic mass is 10.5. The molecule has 0 spiro atoms. The Morgan fingerprint density at radius 1 is 1.10 bits per heavy atom. The van der Waals surface area contributed by atoms with Crippen molar-refractivity contribution in [1.82, 2.24) is 9.97 Å². The van der Waals surface area contributed by atoms with Crippen molar-refractivity contribution in [3.63, 3.8) is 0 Å². The first-order chi connectivity index (χ1) is 4.61. The van der Waals surface area contributed by atoms with E-state index in [9.17, 15) is 9.59 Å². The van der Waals surface area contributed by atoms with Gasteiger partial charge in [-0.15, -0.1) is 0 Å². The van der Waals surface area contributed by atoms with E-state index in [1.165, 1.54) is 0 Å². The lowest BCUT2D eigenvalue weighted by Gasteiger charge is -1.82. The average molecular weight is 138 g/mol. The second-order valence-electron chi connectivity index (χ2n) is 1.87. The van der Waals surface area contributed by atoms with Crippen LogP contribution in [0.15, 0.2) is 9.59 Å². The minimum absolute atomic E-state index is 0.194. The zero-order valence-corrected chi connectivity index (χ0v) is 5.23. The predicted molar refractivity (Wildman–Crippen MR) is 38.0 cm³/mol. The third-order valence-corrected chi connectivity index (χ3v) is 1.13. The van der Waals surface area contributed by atoms with E-state index in [0.717, 1.165) is 0 Å². The van der Waals surface area contributed by atoms with Crippen LogP contribution in [0.1, 0.15) is 0 Å². The summed E-state index contributed by atoms with van der Waals surface area (Å²) >= 11 is 0. The number of rotatable bonds is 0. The first kappa shape index (κ1) is 6.54. The summed E-state index contributed by atoms with van der Waals surface area (Å²) in [6.45, 7) is 6.79. The van der Waals surface area contributed by atoms with Gasteiger partial charge in [0.05, 0.1) is 5.22 Å². The van der Waals surface area contributed by atoms with Crippen LogP contribution in [0.25, 0.3) is 13.2 Å². The van der Waals surface area contributed by atoms with E-state index in [0.29, 0.717) is 0 Å². The first-order valence-electron chi connectivity index (χ1n) is 2.62. The molecule has 0 radical (unpaired) electrons. The molecule has 0 amide bonds. The van der Waals surface area contributed by atoms with Crippen molar-refractivity contribution in [3.05, 3.63) is 31.4 Å². The van der Waals surface area contributed by atoms with E-state index in [1.54, 1.807) is 0 Å². The summed E-state index contributed by atoms with van der Waals surface area (Å²) in [7, 11) is 0. The molecule has 52 valence electrons. The minimum atomic E-state index is -0.553. The van der Waals surface area contributed by atoms with E-state index < -0.39 is 11.2 Å². The molecule has 0 aliphatic heterocycles. The van der Waals surface area contributed by atoms with Crippen molar-refractivity contribution in [1.29, 1.82) is 0 Å². The summed E-state index contributed by atoms with van der Waals surface area (Å²) in [4.78, 5) is 25.5.